The molecule has 0 spiro atoms. The van der Waals surface area contributed by atoms with Gasteiger partial charge in [0, 0.05) is 0 Å². The van der Waals surface area contributed by atoms with Crippen LogP contribution in [0.15, 0.2) is 0 Å². The molecule has 0 nitrogen and oxygen atoms in total. The van der Waals surface area contributed by atoms with Crippen molar-refractivity contribution >= 4 is 7.26 Å². The fourth-order valence-corrected chi connectivity index (χ4v) is 15.4. The van der Waals surface area contributed by atoms with Gasteiger partial charge in [-0.15, -0.1) is 0 Å². The summed E-state index contributed by atoms with van der Waals surface area (Å²) in [4.78, 5) is 0. The van der Waals surface area contributed by atoms with Crippen molar-refractivity contribution < 1.29 is 0 Å². The molecule has 0 atom stereocenters. The van der Waals surface area contributed by atoms with Crippen LogP contribution in [0.25, 0.3) is 0 Å². The van der Waals surface area contributed by atoms with Crippen LogP contribution in [0, 0.1) is 0 Å². The van der Waals surface area contributed by atoms with E-state index in [1.165, 1.54) is 257 Å². The van der Waals surface area contributed by atoms with Crippen molar-refractivity contribution in [3.63, 3.8) is 0 Å². The second-order valence-corrected chi connectivity index (χ2v) is 24.7. The van der Waals surface area contributed by atoms with Crippen LogP contribution in [0.3, 0.4) is 0 Å². The van der Waals surface area contributed by atoms with Gasteiger partial charge in [0.15, 0.2) is 0 Å². The maximum atomic E-state index is 2.39. The normalized spacial score (nSPS) is 12.3. The fraction of sp³-hybridized carbons (Fsp3) is 1.00. The van der Waals surface area contributed by atoms with Crippen LogP contribution in [-0.2, 0) is 0 Å². The second kappa shape index (κ2) is 49.8. The molecule has 0 rings (SSSR count). The van der Waals surface area contributed by atoms with Gasteiger partial charge in [-0.2, -0.15) is 0 Å². The third kappa shape index (κ3) is 44.0. The van der Waals surface area contributed by atoms with Crippen LogP contribution in [0.4, 0.5) is 0 Å². The molecule has 0 saturated heterocycles. The molecule has 0 radical (unpaired) electrons. The molecule has 0 bridgehead atoms. The van der Waals surface area contributed by atoms with Gasteiger partial charge in [0.2, 0.25) is 0 Å². The molecule has 340 valence electrons. The SMILES string of the molecule is CCCCCCCCCCCCCCCC[PH](CCCCCCC)(CCCCCCCCCCCCCCCC)CCCCCCCCCCCCCCCC. The van der Waals surface area contributed by atoms with Gasteiger partial charge >= 0.3 is 283 Å². The van der Waals surface area contributed by atoms with Crippen molar-refractivity contribution in [3.8, 4) is 0 Å². The minimum Gasteiger partial charge on any atom is -0.0654 e. The molecule has 0 fully saturated rings. The average Bonchev–Trinajstić information content (AvgIpc) is 3.21. The van der Waals surface area contributed by atoms with E-state index in [4.69, 9.17) is 0 Å². The Balaban J connectivity index is 4.66. The van der Waals surface area contributed by atoms with E-state index in [-0.39, 0.29) is 0 Å². The predicted octanol–water partition coefficient (Wildman–Crippen LogP) is 21.2. The van der Waals surface area contributed by atoms with E-state index in [1.807, 2.05) is 0 Å². The first-order valence-corrected chi connectivity index (χ1v) is 30.6. The van der Waals surface area contributed by atoms with Gasteiger partial charge in [-0.05, 0) is 0 Å². The Labute approximate surface area is 360 Å². The zero-order valence-electron chi connectivity index (χ0n) is 40.6. The molecule has 0 aliphatic carbocycles. The number of hydrogen-bond donors (Lipinski definition) is 0. The minimum atomic E-state index is -1.16. The molecule has 1 heteroatoms. The van der Waals surface area contributed by atoms with Gasteiger partial charge in [0.25, 0.3) is 0 Å². The summed E-state index contributed by atoms with van der Waals surface area (Å²) >= 11 is 0. The topological polar surface area (TPSA) is 0 Å². The van der Waals surface area contributed by atoms with E-state index in [2.05, 4.69) is 27.7 Å². The van der Waals surface area contributed by atoms with Crippen LogP contribution in [-0.4, -0.2) is 24.6 Å². The van der Waals surface area contributed by atoms with E-state index in [9.17, 15) is 0 Å². The van der Waals surface area contributed by atoms with E-state index in [0.29, 0.717) is 0 Å². The minimum absolute atomic E-state index is 1.16. The maximum absolute atomic E-state index is 2.39. The Morgan fingerprint density at radius 3 is 0.375 bits per heavy atom. The first-order chi connectivity index (χ1) is 27.7. The van der Waals surface area contributed by atoms with Gasteiger partial charge in [-0.25, -0.2) is 0 Å². The molecular weight excluding hydrogens is 692 g/mol. The molecular formula is C55H115P. The van der Waals surface area contributed by atoms with Crippen molar-refractivity contribution in [2.24, 2.45) is 0 Å². The third-order valence-corrected chi connectivity index (χ3v) is 19.6. The average molecular weight is 807 g/mol. The van der Waals surface area contributed by atoms with Gasteiger partial charge in [0.1, 0.15) is 0 Å². The Hall–Kier alpha value is 0.430. The molecule has 0 amide bonds. The Kier molecular flexibility index (Phi) is 50.2. The Morgan fingerprint density at radius 1 is 0.143 bits per heavy atom. The number of unbranched alkanes of at least 4 members (excludes halogenated alkanes) is 43. The van der Waals surface area contributed by atoms with Crippen molar-refractivity contribution in [2.45, 2.75) is 329 Å². The second-order valence-electron chi connectivity index (χ2n) is 19.7. The monoisotopic (exact) mass is 807 g/mol. The summed E-state index contributed by atoms with van der Waals surface area (Å²) in [6.07, 6.45) is 77.0. The van der Waals surface area contributed by atoms with E-state index < -0.39 is 7.26 Å². The van der Waals surface area contributed by atoms with Crippen LogP contribution in [0.5, 0.6) is 0 Å². The molecule has 0 aliphatic rings. The van der Waals surface area contributed by atoms with E-state index in [0.717, 1.165) is 0 Å². The molecule has 0 aromatic carbocycles. The molecule has 0 N–H and O–H groups in total. The molecule has 0 aromatic rings. The fourth-order valence-electron chi connectivity index (χ4n) is 9.94. The first kappa shape index (κ1) is 56.4. The third-order valence-electron chi connectivity index (χ3n) is 14.0. The molecule has 0 aliphatic heterocycles. The predicted molar refractivity (Wildman–Crippen MR) is 267 cm³/mol. The van der Waals surface area contributed by atoms with Gasteiger partial charge < -0.3 is 0 Å². The van der Waals surface area contributed by atoms with Crippen LogP contribution in [0.1, 0.15) is 329 Å². The van der Waals surface area contributed by atoms with E-state index >= 15 is 0 Å². The van der Waals surface area contributed by atoms with E-state index in [1.54, 1.807) is 69.6 Å². The summed E-state index contributed by atoms with van der Waals surface area (Å²) in [5.41, 5.74) is 0. The molecule has 0 saturated carbocycles. The van der Waals surface area contributed by atoms with Crippen LogP contribution in [0.2, 0.25) is 0 Å². The summed E-state index contributed by atoms with van der Waals surface area (Å²) < 4.78 is 0. The smallest absolute Gasteiger partial charge is 0.0654 e. The van der Waals surface area contributed by atoms with Gasteiger partial charge in [-0.1, -0.05) is 78.6 Å². The zero-order chi connectivity index (χ0) is 40.6. The van der Waals surface area contributed by atoms with Crippen molar-refractivity contribution in [2.75, 3.05) is 24.6 Å². The summed E-state index contributed by atoms with van der Waals surface area (Å²) in [6.45, 7) is 9.38. The van der Waals surface area contributed by atoms with Gasteiger partial charge in [0.05, 0.1) is 0 Å². The van der Waals surface area contributed by atoms with Gasteiger partial charge in [-0.3, -0.25) is 0 Å². The van der Waals surface area contributed by atoms with Crippen LogP contribution >= 0.6 is 7.26 Å². The van der Waals surface area contributed by atoms with Crippen molar-refractivity contribution in [3.05, 3.63) is 0 Å². The number of rotatable bonds is 51. The Bertz CT molecular complexity index is 591. The van der Waals surface area contributed by atoms with Crippen molar-refractivity contribution in [1.29, 1.82) is 0 Å². The standard InChI is InChI=1S/C55H115P/c1-5-9-13-17-20-23-26-29-32-35-38-41-45-49-53-56(52-48-44-16-12-8-4,54-50-46-42-39-36-33-30-27-24-21-18-14-10-6-2)55-51-47-43-40-37-34-31-28-25-22-19-15-11-7-3/h56H,5-55H2,1-4H3. The van der Waals surface area contributed by atoms with Crippen molar-refractivity contribution in [1.82, 2.24) is 0 Å². The molecule has 56 heavy (non-hydrogen) atoms. The first-order valence-electron chi connectivity index (χ1n) is 27.7. The van der Waals surface area contributed by atoms with Crippen LogP contribution < -0.4 is 0 Å². The quantitative estimate of drug-likeness (QED) is 0.0424. The zero-order valence-corrected chi connectivity index (χ0v) is 41.6. The summed E-state index contributed by atoms with van der Waals surface area (Å²) in [5.74, 6) is 0. The summed E-state index contributed by atoms with van der Waals surface area (Å²) in [5, 5.41) is 0. The Morgan fingerprint density at radius 2 is 0.250 bits per heavy atom. The molecule has 0 aromatic heterocycles. The molecule has 0 unspecified atom stereocenters. The summed E-state index contributed by atoms with van der Waals surface area (Å²) in [6, 6.07) is 0. The summed E-state index contributed by atoms with van der Waals surface area (Å²) in [7, 11) is -1.16. The number of hydrogen-bond acceptors (Lipinski definition) is 0. The molecule has 0 heterocycles.